The van der Waals surface area contributed by atoms with E-state index in [4.69, 9.17) is 8.92 Å². The normalized spacial score (nSPS) is 13.4. The van der Waals surface area contributed by atoms with Crippen molar-refractivity contribution in [2.45, 2.75) is 11.7 Å². The summed E-state index contributed by atoms with van der Waals surface area (Å²) in [5.41, 5.74) is -0.693. The third kappa shape index (κ3) is 3.64. The lowest BCUT2D eigenvalue weighted by molar-refractivity contribution is -0.159. The summed E-state index contributed by atoms with van der Waals surface area (Å²) in [6.07, 6.45) is -0.985. The van der Waals surface area contributed by atoms with E-state index < -0.39 is 27.8 Å². The first-order valence-corrected chi connectivity index (χ1v) is 8.90. The van der Waals surface area contributed by atoms with Crippen molar-refractivity contribution in [3.63, 3.8) is 0 Å². The number of hydrogen-bond acceptors (Lipinski definition) is 5. The van der Waals surface area contributed by atoms with E-state index in [1.165, 1.54) is 7.11 Å². The van der Waals surface area contributed by atoms with Crippen LogP contribution in [0.25, 0.3) is 0 Å². The lowest BCUT2D eigenvalue weighted by Gasteiger charge is -2.37. The maximum atomic E-state index is 11.9. The van der Waals surface area contributed by atoms with Crippen LogP contribution in [0, 0.1) is 0 Å². The molecule has 0 bridgehead atoms. The molecule has 1 atom stereocenters. The van der Waals surface area contributed by atoms with Crippen molar-refractivity contribution in [2.75, 3.05) is 13.4 Å². The molecule has 128 valence electrons. The highest BCUT2D eigenvalue weighted by molar-refractivity contribution is 7.86. The van der Waals surface area contributed by atoms with Gasteiger partial charge in [-0.25, -0.2) is 4.79 Å². The molecule has 0 saturated carbocycles. The lowest BCUT2D eigenvalue weighted by atomic mass is 9.81. The summed E-state index contributed by atoms with van der Waals surface area (Å²) in [5.74, 6) is -1.45. The van der Waals surface area contributed by atoms with E-state index in [-0.39, 0.29) is 0 Å². The molecule has 2 aromatic rings. The fraction of sp³-hybridized carbons (Fsp3) is 0.235. The summed E-state index contributed by atoms with van der Waals surface area (Å²) in [6.45, 7) is 0. The number of aliphatic carboxylic acids is 1. The summed E-state index contributed by atoms with van der Waals surface area (Å²) in [4.78, 5) is 11.9. The van der Waals surface area contributed by atoms with Gasteiger partial charge in [-0.1, -0.05) is 60.7 Å². The zero-order valence-corrected chi connectivity index (χ0v) is 14.1. The Labute approximate surface area is 140 Å². The molecule has 1 N–H and O–H groups in total. The van der Waals surface area contributed by atoms with Crippen LogP contribution in [0.2, 0.25) is 0 Å². The van der Waals surface area contributed by atoms with Gasteiger partial charge in [0.2, 0.25) is 6.10 Å². The zero-order chi connectivity index (χ0) is 17.8. The number of ether oxygens (including phenoxy) is 1. The van der Waals surface area contributed by atoms with Gasteiger partial charge in [0, 0.05) is 7.11 Å². The van der Waals surface area contributed by atoms with Crippen LogP contribution in [0.15, 0.2) is 60.7 Å². The molecule has 0 aliphatic rings. The van der Waals surface area contributed by atoms with Crippen LogP contribution in [0.4, 0.5) is 0 Å². The fourth-order valence-electron chi connectivity index (χ4n) is 2.64. The summed E-state index contributed by atoms with van der Waals surface area (Å²) in [5, 5.41) is 9.66. The number of benzene rings is 2. The predicted octanol–water partition coefficient (Wildman–Crippen LogP) is 2.01. The van der Waals surface area contributed by atoms with E-state index in [1.54, 1.807) is 60.7 Å². The van der Waals surface area contributed by atoms with Crippen molar-refractivity contribution < 1.29 is 27.2 Å². The van der Waals surface area contributed by atoms with Gasteiger partial charge in [-0.2, -0.15) is 8.42 Å². The molecule has 0 aromatic heterocycles. The molecule has 24 heavy (non-hydrogen) atoms. The number of rotatable bonds is 7. The van der Waals surface area contributed by atoms with Crippen LogP contribution >= 0.6 is 0 Å². The van der Waals surface area contributed by atoms with Crippen LogP contribution in [0.1, 0.15) is 11.1 Å². The number of carboxylic acid groups (broad SMARTS) is 1. The first kappa shape index (κ1) is 18.1. The SMILES string of the molecule is COC(c1ccccc1)(c1ccccc1)C(OS(C)(=O)=O)C(=O)O. The molecule has 0 heterocycles. The minimum Gasteiger partial charge on any atom is -0.479 e. The number of carbonyl (C=O) groups is 1. The van der Waals surface area contributed by atoms with Crippen LogP contribution in [-0.4, -0.2) is 39.0 Å². The Balaban J connectivity index is 2.76. The first-order chi connectivity index (χ1) is 11.3. The van der Waals surface area contributed by atoms with Crippen molar-refractivity contribution in [1.29, 1.82) is 0 Å². The first-order valence-electron chi connectivity index (χ1n) is 7.08. The van der Waals surface area contributed by atoms with Gasteiger partial charge in [0.25, 0.3) is 10.1 Å². The molecule has 0 aliphatic carbocycles. The van der Waals surface area contributed by atoms with Gasteiger partial charge in [0.05, 0.1) is 6.26 Å². The molecule has 2 rings (SSSR count). The third-order valence-corrected chi connectivity index (χ3v) is 4.13. The Morgan fingerprint density at radius 3 is 1.71 bits per heavy atom. The average molecular weight is 350 g/mol. The Morgan fingerprint density at radius 1 is 1.00 bits per heavy atom. The molecule has 0 fully saturated rings. The predicted molar refractivity (Wildman–Crippen MR) is 88.0 cm³/mol. The van der Waals surface area contributed by atoms with Crippen LogP contribution in [0.5, 0.6) is 0 Å². The van der Waals surface area contributed by atoms with Gasteiger partial charge >= 0.3 is 5.97 Å². The Hall–Kier alpha value is -2.22. The average Bonchev–Trinajstić information content (AvgIpc) is 2.56. The van der Waals surface area contributed by atoms with Gasteiger partial charge in [-0.3, -0.25) is 4.18 Å². The van der Waals surface area contributed by atoms with E-state index in [1.807, 2.05) is 0 Å². The van der Waals surface area contributed by atoms with Gasteiger partial charge in [0.1, 0.15) is 0 Å². The van der Waals surface area contributed by atoms with Crippen molar-refractivity contribution in [3.05, 3.63) is 71.8 Å². The van der Waals surface area contributed by atoms with E-state index in [9.17, 15) is 18.3 Å². The molecule has 1 unspecified atom stereocenters. The van der Waals surface area contributed by atoms with E-state index in [2.05, 4.69) is 0 Å². The van der Waals surface area contributed by atoms with Crippen molar-refractivity contribution in [2.24, 2.45) is 0 Å². The minimum atomic E-state index is -4.04. The highest BCUT2D eigenvalue weighted by Crippen LogP contribution is 2.38. The second-order valence-corrected chi connectivity index (χ2v) is 6.79. The molecule has 2 aromatic carbocycles. The number of carboxylic acids is 1. The zero-order valence-electron chi connectivity index (χ0n) is 13.2. The maximum absolute atomic E-state index is 11.9. The molecule has 0 radical (unpaired) electrons. The Bertz CT molecular complexity index is 747. The molecule has 0 aliphatic heterocycles. The number of methoxy groups -OCH3 is 1. The molecule has 0 saturated heterocycles. The second-order valence-electron chi connectivity index (χ2n) is 5.19. The molecule has 0 amide bonds. The van der Waals surface area contributed by atoms with Crippen LogP contribution in [0.3, 0.4) is 0 Å². The third-order valence-electron chi connectivity index (χ3n) is 3.59. The Morgan fingerprint density at radius 2 is 1.42 bits per heavy atom. The van der Waals surface area contributed by atoms with Gasteiger partial charge in [-0.15, -0.1) is 0 Å². The maximum Gasteiger partial charge on any atom is 0.338 e. The monoisotopic (exact) mass is 350 g/mol. The summed E-state index contributed by atoms with van der Waals surface area (Å²) in [7, 11) is -2.72. The highest BCUT2D eigenvalue weighted by Gasteiger charge is 2.49. The summed E-state index contributed by atoms with van der Waals surface area (Å²) in [6, 6.07) is 17.0. The van der Waals surface area contributed by atoms with Crippen molar-refractivity contribution in [1.82, 2.24) is 0 Å². The second kappa shape index (κ2) is 7.12. The molecule has 6 nitrogen and oxygen atoms in total. The number of hydrogen-bond donors (Lipinski definition) is 1. The van der Waals surface area contributed by atoms with Crippen molar-refractivity contribution >= 4 is 16.1 Å². The summed E-state index contributed by atoms with van der Waals surface area (Å²) < 4.78 is 33.8. The fourth-order valence-corrected chi connectivity index (χ4v) is 3.21. The molecular weight excluding hydrogens is 332 g/mol. The minimum absolute atomic E-state index is 0.467. The van der Waals surface area contributed by atoms with Crippen molar-refractivity contribution in [3.8, 4) is 0 Å². The van der Waals surface area contributed by atoms with Crippen LogP contribution in [-0.2, 0) is 29.4 Å². The van der Waals surface area contributed by atoms with Crippen LogP contribution < -0.4 is 0 Å². The topological polar surface area (TPSA) is 89.9 Å². The molecule has 7 heteroatoms. The van der Waals surface area contributed by atoms with E-state index in [0.29, 0.717) is 11.1 Å². The van der Waals surface area contributed by atoms with Gasteiger partial charge in [-0.05, 0) is 11.1 Å². The van der Waals surface area contributed by atoms with Gasteiger partial charge < -0.3 is 9.84 Å². The quantitative estimate of drug-likeness (QED) is 0.768. The lowest BCUT2D eigenvalue weighted by Crippen LogP contribution is -2.49. The summed E-state index contributed by atoms with van der Waals surface area (Å²) >= 11 is 0. The van der Waals surface area contributed by atoms with E-state index in [0.717, 1.165) is 6.26 Å². The standard InChI is InChI=1S/C17H18O6S/c1-22-17(13-9-5-3-6-10-13,14-11-7-4-8-12-14)15(16(18)19)23-24(2,20)21/h3-12,15H,1-2H3,(H,18,19). The smallest absolute Gasteiger partial charge is 0.338 e. The molecular formula is C17H18O6S. The van der Waals surface area contributed by atoms with Gasteiger partial charge in [0.15, 0.2) is 5.60 Å². The van der Waals surface area contributed by atoms with E-state index >= 15 is 0 Å². The highest BCUT2D eigenvalue weighted by atomic mass is 32.2. The molecule has 0 spiro atoms. The largest absolute Gasteiger partial charge is 0.479 e. The Kier molecular flexibility index (Phi) is 5.38.